The number of carboxylic acids is 1. The molecular weight excluding hydrogens is 228 g/mol. The Morgan fingerprint density at radius 2 is 2.22 bits per heavy atom. The van der Waals surface area contributed by atoms with Crippen molar-refractivity contribution in [2.45, 2.75) is 63.5 Å². The second-order valence-corrected chi connectivity index (χ2v) is 5.58. The van der Waals surface area contributed by atoms with Gasteiger partial charge in [0, 0.05) is 6.04 Å². The van der Waals surface area contributed by atoms with Crippen LogP contribution in [-0.2, 0) is 4.79 Å². The molecule has 0 heterocycles. The molecule has 18 heavy (non-hydrogen) atoms. The fraction of sp³-hybridized carbons (Fsp3) is 0.929. The molecule has 2 unspecified atom stereocenters. The highest BCUT2D eigenvalue weighted by Gasteiger charge is 2.42. The lowest BCUT2D eigenvalue weighted by atomic mass is 9.78. The van der Waals surface area contributed by atoms with Gasteiger partial charge >= 0.3 is 5.97 Å². The van der Waals surface area contributed by atoms with Crippen LogP contribution in [0.3, 0.4) is 0 Å². The van der Waals surface area contributed by atoms with Gasteiger partial charge in [-0.25, -0.2) is 0 Å². The number of carboxylic acid groups (broad SMARTS) is 1. The third kappa shape index (κ3) is 3.69. The molecule has 1 rings (SSSR count). The second kappa shape index (κ2) is 7.10. The fourth-order valence-electron chi connectivity index (χ4n) is 2.94. The molecule has 1 saturated carbocycles. The highest BCUT2D eigenvalue weighted by molar-refractivity contribution is 5.79. The largest absolute Gasteiger partial charge is 0.480 e. The fourth-order valence-corrected chi connectivity index (χ4v) is 2.94. The Morgan fingerprint density at radius 3 is 2.78 bits per heavy atom. The van der Waals surface area contributed by atoms with Crippen LogP contribution in [0.1, 0.15) is 51.9 Å². The van der Waals surface area contributed by atoms with Gasteiger partial charge in [0.05, 0.1) is 0 Å². The van der Waals surface area contributed by atoms with Gasteiger partial charge in [-0.15, -0.1) is 0 Å². The lowest BCUT2D eigenvalue weighted by Gasteiger charge is -2.41. The van der Waals surface area contributed by atoms with Gasteiger partial charge in [0.25, 0.3) is 0 Å². The number of unbranched alkanes of at least 4 members (excludes halogenated alkanes) is 2. The first-order valence-electron chi connectivity index (χ1n) is 7.18. The molecule has 0 aliphatic heterocycles. The molecule has 1 aliphatic carbocycles. The average molecular weight is 256 g/mol. The zero-order valence-electron chi connectivity index (χ0n) is 12.0. The Hall–Kier alpha value is -0.610. The summed E-state index contributed by atoms with van der Waals surface area (Å²) in [5, 5.41) is 12.5. The van der Waals surface area contributed by atoms with Crippen LogP contribution < -0.4 is 5.32 Å². The molecule has 1 aliphatic rings. The van der Waals surface area contributed by atoms with Crippen LogP contribution in [0.4, 0.5) is 0 Å². The first-order chi connectivity index (χ1) is 8.55. The Labute approximate surface area is 111 Å². The predicted octanol–water partition coefficient (Wildman–Crippen LogP) is 2.09. The van der Waals surface area contributed by atoms with E-state index in [1.807, 2.05) is 0 Å². The van der Waals surface area contributed by atoms with Gasteiger partial charge in [0.1, 0.15) is 5.54 Å². The minimum absolute atomic E-state index is 0.402. The Bertz CT molecular complexity index is 271. The lowest BCUT2D eigenvalue weighted by Crippen LogP contribution is -2.56. The monoisotopic (exact) mass is 256 g/mol. The Morgan fingerprint density at radius 1 is 1.50 bits per heavy atom. The molecule has 2 atom stereocenters. The zero-order chi connectivity index (χ0) is 13.6. The summed E-state index contributed by atoms with van der Waals surface area (Å²) in [5.74, 6) is -0.698. The van der Waals surface area contributed by atoms with Crippen molar-refractivity contribution < 1.29 is 9.90 Å². The summed E-state index contributed by atoms with van der Waals surface area (Å²) in [5.41, 5.74) is -0.706. The summed E-state index contributed by atoms with van der Waals surface area (Å²) in [7, 11) is 3.90. The molecular formula is C14H28N2O2. The van der Waals surface area contributed by atoms with Crippen LogP contribution in [0.2, 0.25) is 0 Å². The minimum Gasteiger partial charge on any atom is -0.480 e. The molecule has 0 bridgehead atoms. The van der Waals surface area contributed by atoms with Crippen LogP contribution >= 0.6 is 0 Å². The number of rotatable bonds is 7. The Balaban J connectivity index is 2.54. The number of likely N-dealkylation sites (N-methyl/N-ethyl adjacent to an activating group) is 1. The summed E-state index contributed by atoms with van der Waals surface area (Å²) in [6, 6.07) is 0.402. The van der Waals surface area contributed by atoms with Crippen molar-refractivity contribution in [3.63, 3.8) is 0 Å². The molecule has 0 radical (unpaired) electrons. The molecule has 0 amide bonds. The minimum atomic E-state index is -0.706. The molecule has 0 aromatic rings. The van der Waals surface area contributed by atoms with E-state index in [4.69, 9.17) is 0 Å². The van der Waals surface area contributed by atoms with E-state index in [2.05, 4.69) is 24.2 Å². The molecule has 4 heteroatoms. The average Bonchev–Trinajstić information content (AvgIpc) is 2.38. The van der Waals surface area contributed by atoms with Gasteiger partial charge < -0.3 is 15.3 Å². The SMILES string of the molecule is CCCCCN(C)C1CCCC(NC)(C(=O)O)C1. The number of nitrogens with zero attached hydrogens (tertiary/aromatic N) is 1. The van der Waals surface area contributed by atoms with Crippen molar-refractivity contribution in [3.8, 4) is 0 Å². The Kier molecular flexibility index (Phi) is 6.09. The van der Waals surface area contributed by atoms with Crippen molar-refractivity contribution in [1.82, 2.24) is 10.2 Å². The van der Waals surface area contributed by atoms with E-state index >= 15 is 0 Å². The first kappa shape index (κ1) is 15.4. The number of aliphatic carboxylic acids is 1. The van der Waals surface area contributed by atoms with Crippen LogP contribution in [0.5, 0.6) is 0 Å². The second-order valence-electron chi connectivity index (χ2n) is 5.58. The van der Waals surface area contributed by atoms with Crippen LogP contribution in [0.15, 0.2) is 0 Å². The summed E-state index contributed by atoms with van der Waals surface area (Å²) in [4.78, 5) is 13.8. The maximum Gasteiger partial charge on any atom is 0.323 e. The number of hydrogen-bond acceptors (Lipinski definition) is 3. The van der Waals surface area contributed by atoms with E-state index < -0.39 is 11.5 Å². The molecule has 0 spiro atoms. The lowest BCUT2D eigenvalue weighted by molar-refractivity contribution is -0.147. The number of nitrogens with one attached hydrogen (secondary N) is 1. The van der Waals surface area contributed by atoms with Gasteiger partial charge in [-0.1, -0.05) is 19.8 Å². The van der Waals surface area contributed by atoms with Crippen molar-refractivity contribution >= 4 is 5.97 Å². The highest BCUT2D eigenvalue weighted by Crippen LogP contribution is 2.31. The molecule has 0 aromatic carbocycles. The maximum absolute atomic E-state index is 11.5. The zero-order valence-corrected chi connectivity index (χ0v) is 12.0. The third-order valence-electron chi connectivity index (χ3n) is 4.35. The van der Waals surface area contributed by atoms with E-state index in [1.54, 1.807) is 7.05 Å². The summed E-state index contributed by atoms with van der Waals surface area (Å²) in [6.07, 6.45) is 7.29. The standard InChI is InChI=1S/C14H28N2O2/c1-4-5-6-10-16(3)12-8-7-9-14(11-12,15-2)13(17)18/h12,15H,4-11H2,1-3H3,(H,17,18). The maximum atomic E-state index is 11.5. The molecule has 1 fully saturated rings. The predicted molar refractivity (Wildman–Crippen MR) is 73.8 cm³/mol. The van der Waals surface area contributed by atoms with E-state index in [0.29, 0.717) is 6.04 Å². The summed E-state index contributed by atoms with van der Waals surface area (Å²) < 4.78 is 0. The first-order valence-corrected chi connectivity index (χ1v) is 7.18. The van der Waals surface area contributed by atoms with Crippen molar-refractivity contribution in [1.29, 1.82) is 0 Å². The molecule has 2 N–H and O–H groups in total. The highest BCUT2D eigenvalue weighted by atomic mass is 16.4. The molecule has 0 aromatic heterocycles. The molecule has 4 nitrogen and oxygen atoms in total. The van der Waals surface area contributed by atoms with Crippen LogP contribution in [0, 0.1) is 0 Å². The summed E-state index contributed by atoms with van der Waals surface area (Å²) in [6.45, 7) is 3.29. The summed E-state index contributed by atoms with van der Waals surface area (Å²) >= 11 is 0. The van der Waals surface area contributed by atoms with E-state index in [1.165, 1.54) is 19.3 Å². The van der Waals surface area contributed by atoms with E-state index in [0.717, 1.165) is 32.2 Å². The van der Waals surface area contributed by atoms with Gasteiger partial charge in [-0.3, -0.25) is 4.79 Å². The molecule has 106 valence electrons. The topological polar surface area (TPSA) is 52.6 Å². The van der Waals surface area contributed by atoms with Crippen molar-refractivity contribution in [2.24, 2.45) is 0 Å². The number of hydrogen-bond donors (Lipinski definition) is 2. The van der Waals surface area contributed by atoms with E-state index in [-0.39, 0.29) is 0 Å². The van der Waals surface area contributed by atoms with Crippen LogP contribution in [-0.4, -0.2) is 48.2 Å². The quantitative estimate of drug-likeness (QED) is 0.685. The number of carbonyl (C=O) groups is 1. The van der Waals surface area contributed by atoms with Gasteiger partial charge in [-0.05, 0) is 52.7 Å². The third-order valence-corrected chi connectivity index (χ3v) is 4.35. The normalized spacial score (nSPS) is 28.6. The van der Waals surface area contributed by atoms with Gasteiger partial charge in [0.2, 0.25) is 0 Å². The van der Waals surface area contributed by atoms with Crippen molar-refractivity contribution in [3.05, 3.63) is 0 Å². The van der Waals surface area contributed by atoms with Crippen molar-refractivity contribution in [2.75, 3.05) is 20.6 Å². The van der Waals surface area contributed by atoms with Crippen LogP contribution in [0.25, 0.3) is 0 Å². The smallest absolute Gasteiger partial charge is 0.323 e. The van der Waals surface area contributed by atoms with Gasteiger partial charge in [0.15, 0.2) is 0 Å². The molecule has 0 saturated heterocycles. The van der Waals surface area contributed by atoms with E-state index in [9.17, 15) is 9.90 Å². The van der Waals surface area contributed by atoms with Gasteiger partial charge in [-0.2, -0.15) is 0 Å².